The fourth-order valence-corrected chi connectivity index (χ4v) is 3.40. The maximum Gasteiger partial charge on any atom is 0.320 e. The van der Waals surface area contributed by atoms with Crippen LogP contribution in [0.3, 0.4) is 0 Å². The monoisotopic (exact) mass is 389 g/mol. The summed E-state index contributed by atoms with van der Waals surface area (Å²) in [4.78, 5) is 22.4. The summed E-state index contributed by atoms with van der Waals surface area (Å²) in [6, 6.07) is 17.3. The van der Waals surface area contributed by atoms with E-state index in [9.17, 15) is 9.90 Å². The van der Waals surface area contributed by atoms with Gasteiger partial charge in [-0.05, 0) is 36.8 Å². The van der Waals surface area contributed by atoms with Crippen LogP contribution in [-0.2, 0) is 24.4 Å². The molecule has 0 saturated heterocycles. The molecule has 0 fully saturated rings. The molecule has 6 heteroatoms. The van der Waals surface area contributed by atoms with Gasteiger partial charge >= 0.3 is 5.97 Å². The Hall–Kier alpha value is -3.25. The van der Waals surface area contributed by atoms with Crippen LogP contribution in [0.25, 0.3) is 11.4 Å². The van der Waals surface area contributed by atoms with Crippen LogP contribution in [0.15, 0.2) is 60.8 Å². The molecule has 0 saturated carbocycles. The van der Waals surface area contributed by atoms with E-state index in [-0.39, 0.29) is 0 Å². The molecule has 0 amide bonds. The lowest BCUT2D eigenvalue weighted by Gasteiger charge is -2.30. The lowest BCUT2D eigenvalue weighted by atomic mass is 10.0. The van der Waals surface area contributed by atoms with E-state index in [1.807, 2.05) is 65.7 Å². The fraction of sp³-hybridized carbons (Fsp3) is 0.261. The highest BCUT2D eigenvalue weighted by Gasteiger charge is 2.26. The van der Waals surface area contributed by atoms with Gasteiger partial charge in [0.05, 0.1) is 5.69 Å². The van der Waals surface area contributed by atoms with E-state index in [2.05, 4.69) is 4.98 Å². The van der Waals surface area contributed by atoms with Gasteiger partial charge in [-0.1, -0.05) is 30.3 Å². The molecule has 1 aliphatic heterocycles. The molecule has 2 heterocycles. The Morgan fingerprint density at radius 3 is 2.66 bits per heavy atom. The van der Waals surface area contributed by atoms with Gasteiger partial charge in [0.25, 0.3) is 0 Å². The van der Waals surface area contributed by atoms with E-state index in [4.69, 9.17) is 9.72 Å². The molecule has 0 spiro atoms. The molecule has 4 rings (SSSR count). The fourth-order valence-electron chi connectivity index (χ4n) is 3.40. The molecular weight excluding hydrogens is 366 g/mol. The number of carbonyl (C=O) groups is 1. The number of hydrogen-bond acceptors (Lipinski definition) is 5. The number of aromatic nitrogens is 2. The number of rotatable bonds is 6. The summed E-state index contributed by atoms with van der Waals surface area (Å²) in [5.74, 6) is 0.674. The van der Waals surface area contributed by atoms with Gasteiger partial charge in [-0.15, -0.1) is 0 Å². The van der Waals surface area contributed by atoms with Crippen LogP contribution in [0, 0.1) is 0 Å². The molecule has 1 atom stereocenters. The summed E-state index contributed by atoms with van der Waals surface area (Å²) in [5.41, 5.74) is 4.05. The van der Waals surface area contributed by atoms with Crippen LogP contribution < -0.4 is 4.74 Å². The van der Waals surface area contributed by atoms with Crippen molar-refractivity contribution in [1.29, 1.82) is 0 Å². The van der Waals surface area contributed by atoms with Crippen molar-refractivity contribution >= 4 is 5.97 Å². The highest BCUT2D eigenvalue weighted by atomic mass is 16.5. The van der Waals surface area contributed by atoms with Gasteiger partial charge < -0.3 is 9.84 Å². The minimum atomic E-state index is -0.805. The van der Waals surface area contributed by atoms with E-state index in [1.54, 1.807) is 6.92 Å². The molecule has 0 radical (unpaired) electrons. The highest BCUT2D eigenvalue weighted by Crippen LogP contribution is 2.24. The Labute approximate surface area is 169 Å². The van der Waals surface area contributed by atoms with Crippen LogP contribution in [0.1, 0.15) is 23.7 Å². The second kappa shape index (κ2) is 8.41. The first-order chi connectivity index (χ1) is 14.1. The third-order valence-corrected chi connectivity index (χ3v) is 5.23. The largest absolute Gasteiger partial charge is 0.489 e. The Morgan fingerprint density at radius 2 is 1.93 bits per heavy atom. The normalized spacial score (nSPS) is 14.8. The van der Waals surface area contributed by atoms with Gasteiger partial charge in [0, 0.05) is 36.8 Å². The number of hydrogen-bond donors (Lipinski definition) is 1. The van der Waals surface area contributed by atoms with Crippen molar-refractivity contribution < 1.29 is 14.6 Å². The molecule has 6 nitrogen and oxygen atoms in total. The molecule has 1 aromatic heterocycles. The number of carboxylic acids is 1. The van der Waals surface area contributed by atoms with Crippen LogP contribution in [0.2, 0.25) is 0 Å². The first-order valence-corrected chi connectivity index (χ1v) is 9.69. The first kappa shape index (κ1) is 19.1. The number of nitrogens with zero attached hydrogens (tertiary/aromatic N) is 3. The van der Waals surface area contributed by atoms with Gasteiger partial charge in [-0.2, -0.15) is 0 Å². The molecular formula is C23H23N3O3. The molecule has 0 aliphatic carbocycles. The van der Waals surface area contributed by atoms with Gasteiger partial charge in [0.15, 0.2) is 5.82 Å². The predicted molar refractivity (Wildman–Crippen MR) is 109 cm³/mol. The SMILES string of the molecule is CC(C(=O)O)N1CCc2nc(-c3ccc(OCc4ccccc4)cc3)ncc2C1. The molecule has 0 bridgehead atoms. The maximum absolute atomic E-state index is 11.2. The zero-order valence-electron chi connectivity index (χ0n) is 16.3. The molecule has 1 aliphatic rings. The Kier molecular flexibility index (Phi) is 5.53. The van der Waals surface area contributed by atoms with Gasteiger partial charge in [0.2, 0.25) is 0 Å². The topological polar surface area (TPSA) is 75.5 Å². The molecule has 148 valence electrons. The van der Waals surface area contributed by atoms with Crippen LogP contribution in [0.5, 0.6) is 5.75 Å². The van der Waals surface area contributed by atoms with Crippen LogP contribution in [-0.4, -0.2) is 38.5 Å². The Morgan fingerprint density at radius 1 is 1.17 bits per heavy atom. The van der Waals surface area contributed by atoms with Gasteiger partial charge in [-0.3, -0.25) is 9.69 Å². The van der Waals surface area contributed by atoms with Gasteiger partial charge in [0.1, 0.15) is 18.4 Å². The number of benzene rings is 2. The average molecular weight is 389 g/mol. The minimum absolute atomic E-state index is 0.508. The number of aliphatic carboxylic acids is 1. The Bertz CT molecular complexity index is 990. The number of fused-ring (bicyclic) bond motifs is 1. The molecule has 1 N–H and O–H groups in total. The number of ether oxygens (including phenoxy) is 1. The van der Waals surface area contributed by atoms with Crippen molar-refractivity contribution in [3.63, 3.8) is 0 Å². The third kappa shape index (κ3) is 4.43. The first-order valence-electron chi connectivity index (χ1n) is 9.69. The zero-order chi connectivity index (χ0) is 20.2. The van der Waals surface area contributed by atoms with E-state index in [0.717, 1.165) is 34.6 Å². The van der Waals surface area contributed by atoms with Crippen LogP contribution in [0.4, 0.5) is 0 Å². The van der Waals surface area contributed by atoms with E-state index < -0.39 is 12.0 Å². The summed E-state index contributed by atoms with van der Waals surface area (Å²) in [6.07, 6.45) is 2.54. The van der Waals surface area contributed by atoms with Crippen molar-refractivity contribution in [1.82, 2.24) is 14.9 Å². The molecule has 3 aromatic rings. The Balaban J connectivity index is 1.43. The maximum atomic E-state index is 11.2. The van der Waals surface area contributed by atoms with E-state index in [0.29, 0.717) is 25.5 Å². The van der Waals surface area contributed by atoms with Crippen molar-refractivity contribution in [2.45, 2.75) is 32.5 Å². The van der Waals surface area contributed by atoms with Crippen molar-refractivity contribution in [2.75, 3.05) is 6.54 Å². The van der Waals surface area contributed by atoms with Crippen LogP contribution >= 0.6 is 0 Å². The second-order valence-corrected chi connectivity index (χ2v) is 7.20. The van der Waals surface area contributed by atoms with Crippen molar-refractivity contribution in [3.8, 4) is 17.1 Å². The molecule has 29 heavy (non-hydrogen) atoms. The van der Waals surface area contributed by atoms with Crippen molar-refractivity contribution in [2.24, 2.45) is 0 Å². The standard InChI is InChI=1S/C23H23N3O3/c1-16(23(27)28)26-12-11-21-19(14-26)13-24-22(25-21)18-7-9-20(10-8-18)29-15-17-5-3-2-4-6-17/h2-10,13,16H,11-12,14-15H2,1H3,(H,27,28). The van der Waals surface area contributed by atoms with E-state index in [1.165, 1.54) is 0 Å². The van der Waals surface area contributed by atoms with Crippen molar-refractivity contribution in [3.05, 3.63) is 77.6 Å². The quantitative estimate of drug-likeness (QED) is 0.695. The predicted octanol–water partition coefficient (Wildman–Crippen LogP) is 3.55. The summed E-state index contributed by atoms with van der Waals surface area (Å²) in [5, 5.41) is 9.22. The summed E-state index contributed by atoms with van der Waals surface area (Å²) in [7, 11) is 0. The van der Waals surface area contributed by atoms with E-state index >= 15 is 0 Å². The summed E-state index contributed by atoms with van der Waals surface area (Å²) < 4.78 is 5.83. The third-order valence-electron chi connectivity index (χ3n) is 5.23. The molecule has 2 aromatic carbocycles. The summed E-state index contributed by atoms with van der Waals surface area (Å²) in [6.45, 7) is 3.49. The highest BCUT2D eigenvalue weighted by molar-refractivity contribution is 5.73. The average Bonchev–Trinajstić information content (AvgIpc) is 2.77. The lowest BCUT2D eigenvalue weighted by molar-refractivity contribution is -0.143. The van der Waals surface area contributed by atoms with Gasteiger partial charge in [-0.25, -0.2) is 9.97 Å². The second-order valence-electron chi connectivity index (χ2n) is 7.20. The molecule has 1 unspecified atom stereocenters. The summed E-state index contributed by atoms with van der Waals surface area (Å²) >= 11 is 0. The smallest absolute Gasteiger partial charge is 0.320 e. The number of carboxylic acid groups (broad SMARTS) is 1. The minimum Gasteiger partial charge on any atom is -0.489 e. The lowest BCUT2D eigenvalue weighted by Crippen LogP contribution is -2.42. The zero-order valence-corrected chi connectivity index (χ0v) is 16.3.